The van der Waals surface area contributed by atoms with Gasteiger partial charge in [0.1, 0.15) is 6.33 Å². The molecule has 11 heavy (non-hydrogen) atoms. The van der Waals surface area contributed by atoms with Crippen molar-refractivity contribution in [1.29, 1.82) is 0 Å². The molecule has 0 radical (unpaired) electrons. The first kappa shape index (κ1) is 8.14. The van der Waals surface area contributed by atoms with Crippen molar-refractivity contribution in [1.82, 2.24) is 9.97 Å². The van der Waals surface area contributed by atoms with E-state index < -0.39 is 0 Å². The Bertz CT molecular complexity index is 196. The van der Waals surface area contributed by atoms with Gasteiger partial charge in [-0.2, -0.15) is 0 Å². The summed E-state index contributed by atoms with van der Waals surface area (Å²) in [7, 11) is 0. The van der Waals surface area contributed by atoms with Crippen molar-refractivity contribution in [2.45, 2.75) is 25.8 Å². The van der Waals surface area contributed by atoms with E-state index in [0.717, 1.165) is 18.5 Å². The first-order valence-electron chi connectivity index (χ1n) is 3.79. The van der Waals surface area contributed by atoms with Crippen LogP contribution in [0.1, 0.15) is 19.0 Å². The summed E-state index contributed by atoms with van der Waals surface area (Å²) in [4.78, 5) is 7.91. The van der Waals surface area contributed by atoms with Crippen LogP contribution in [0.15, 0.2) is 18.6 Å². The maximum absolute atomic E-state index is 5.60. The van der Waals surface area contributed by atoms with Gasteiger partial charge in [-0.3, -0.25) is 0 Å². The molecule has 2 N–H and O–H groups in total. The quantitative estimate of drug-likeness (QED) is 0.693. The van der Waals surface area contributed by atoms with Gasteiger partial charge in [0, 0.05) is 17.9 Å². The summed E-state index contributed by atoms with van der Waals surface area (Å²) < 4.78 is 0. The SMILES string of the molecule is C[C@H](N)CCc1ccncn1. The Labute approximate surface area is 66.7 Å². The smallest absolute Gasteiger partial charge is 0.115 e. The van der Waals surface area contributed by atoms with E-state index in [1.165, 1.54) is 0 Å². The molecule has 1 aromatic rings. The minimum absolute atomic E-state index is 0.255. The highest BCUT2D eigenvalue weighted by atomic mass is 14.8. The van der Waals surface area contributed by atoms with Crippen LogP contribution < -0.4 is 5.73 Å². The molecule has 0 aromatic carbocycles. The molecule has 0 bridgehead atoms. The molecule has 0 unspecified atom stereocenters. The molecule has 1 heterocycles. The Morgan fingerprint density at radius 2 is 2.45 bits per heavy atom. The normalized spacial score (nSPS) is 12.9. The van der Waals surface area contributed by atoms with Crippen molar-refractivity contribution in [3.05, 3.63) is 24.3 Å². The second-order valence-corrected chi connectivity index (χ2v) is 2.72. The van der Waals surface area contributed by atoms with Gasteiger partial charge in [0.15, 0.2) is 0 Å². The molecular formula is C8H13N3. The van der Waals surface area contributed by atoms with Crippen molar-refractivity contribution < 1.29 is 0 Å². The molecule has 0 spiro atoms. The third kappa shape index (κ3) is 3.09. The predicted octanol–water partition coefficient (Wildman–Crippen LogP) is 0.756. The Morgan fingerprint density at radius 3 is 3.00 bits per heavy atom. The fraction of sp³-hybridized carbons (Fsp3) is 0.500. The highest BCUT2D eigenvalue weighted by molar-refractivity contribution is 4.97. The van der Waals surface area contributed by atoms with Gasteiger partial charge < -0.3 is 5.73 Å². The lowest BCUT2D eigenvalue weighted by Gasteiger charge is -2.02. The zero-order chi connectivity index (χ0) is 8.10. The number of aryl methyl sites for hydroxylation is 1. The Morgan fingerprint density at radius 1 is 1.64 bits per heavy atom. The van der Waals surface area contributed by atoms with Crippen molar-refractivity contribution in [2.75, 3.05) is 0 Å². The highest BCUT2D eigenvalue weighted by Gasteiger charge is 1.96. The van der Waals surface area contributed by atoms with Gasteiger partial charge in [-0.25, -0.2) is 9.97 Å². The molecule has 0 aliphatic carbocycles. The Balaban J connectivity index is 2.39. The third-order valence-corrected chi connectivity index (χ3v) is 1.50. The van der Waals surface area contributed by atoms with Gasteiger partial charge in [0.25, 0.3) is 0 Å². The third-order valence-electron chi connectivity index (χ3n) is 1.50. The molecular weight excluding hydrogens is 138 g/mol. The number of nitrogens with zero attached hydrogens (tertiary/aromatic N) is 2. The standard InChI is InChI=1S/C8H13N3/c1-7(9)2-3-8-4-5-10-6-11-8/h4-7H,2-3,9H2,1H3/t7-/m0/s1. The summed E-state index contributed by atoms with van der Waals surface area (Å²) in [6, 6.07) is 2.17. The second kappa shape index (κ2) is 4.03. The summed E-state index contributed by atoms with van der Waals surface area (Å²) >= 11 is 0. The zero-order valence-corrected chi connectivity index (χ0v) is 6.70. The molecule has 0 saturated carbocycles. The Hall–Kier alpha value is -0.960. The van der Waals surface area contributed by atoms with Crippen LogP contribution in [0.25, 0.3) is 0 Å². The number of nitrogens with two attached hydrogens (primary N) is 1. The summed E-state index contributed by atoms with van der Waals surface area (Å²) in [6.45, 7) is 2.00. The average molecular weight is 151 g/mol. The van der Waals surface area contributed by atoms with Crippen LogP contribution in [-0.4, -0.2) is 16.0 Å². The van der Waals surface area contributed by atoms with Crippen molar-refractivity contribution >= 4 is 0 Å². The van der Waals surface area contributed by atoms with Crippen molar-refractivity contribution in [2.24, 2.45) is 5.73 Å². The van der Waals surface area contributed by atoms with Crippen molar-refractivity contribution in [3.63, 3.8) is 0 Å². The van der Waals surface area contributed by atoms with Gasteiger partial charge in [-0.1, -0.05) is 0 Å². The van der Waals surface area contributed by atoms with Gasteiger partial charge >= 0.3 is 0 Å². The van der Waals surface area contributed by atoms with E-state index in [-0.39, 0.29) is 6.04 Å². The second-order valence-electron chi connectivity index (χ2n) is 2.72. The van der Waals surface area contributed by atoms with E-state index in [1.807, 2.05) is 13.0 Å². The maximum Gasteiger partial charge on any atom is 0.115 e. The Kier molecular flexibility index (Phi) is 2.98. The number of hydrogen-bond donors (Lipinski definition) is 1. The van der Waals surface area contributed by atoms with Gasteiger partial charge in [0.05, 0.1) is 0 Å². The highest BCUT2D eigenvalue weighted by Crippen LogP contribution is 1.98. The molecule has 0 aliphatic rings. The summed E-state index contributed by atoms with van der Waals surface area (Å²) in [5, 5.41) is 0. The lowest BCUT2D eigenvalue weighted by atomic mass is 10.1. The minimum atomic E-state index is 0.255. The summed E-state index contributed by atoms with van der Waals surface area (Å²) in [5.41, 5.74) is 6.66. The largest absolute Gasteiger partial charge is 0.328 e. The summed E-state index contributed by atoms with van der Waals surface area (Å²) in [5.74, 6) is 0. The van der Waals surface area contributed by atoms with E-state index >= 15 is 0 Å². The molecule has 1 atom stereocenters. The van der Waals surface area contributed by atoms with Crippen LogP contribution in [-0.2, 0) is 6.42 Å². The average Bonchev–Trinajstić information content (AvgIpc) is 2.03. The number of aromatic nitrogens is 2. The van der Waals surface area contributed by atoms with Crippen LogP contribution in [0.5, 0.6) is 0 Å². The van der Waals surface area contributed by atoms with E-state index in [4.69, 9.17) is 5.73 Å². The molecule has 3 nitrogen and oxygen atoms in total. The fourth-order valence-corrected chi connectivity index (χ4v) is 0.842. The lowest BCUT2D eigenvalue weighted by molar-refractivity contribution is 0.657. The van der Waals surface area contributed by atoms with Gasteiger partial charge in [-0.15, -0.1) is 0 Å². The topological polar surface area (TPSA) is 51.8 Å². The van der Waals surface area contributed by atoms with Crippen LogP contribution >= 0.6 is 0 Å². The van der Waals surface area contributed by atoms with Gasteiger partial charge in [-0.05, 0) is 25.8 Å². The number of rotatable bonds is 3. The monoisotopic (exact) mass is 151 g/mol. The van der Waals surface area contributed by atoms with E-state index in [1.54, 1.807) is 12.5 Å². The molecule has 60 valence electrons. The van der Waals surface area contributed by atoms with Crippen LogP contribution in [0.4, 0.5) is 0 Å². The first-order valence-corrected chi connectivity index (χ1v) is 3.79. The molecule has 3 heteroatoms. The first-order chi connectivity index (χ1) is 5.29. The molecule has 0 saturated heterocycles. The molecule has 1 rings (SSSR count). The maximum atomic E-state index is 5.60. The molecule has 0 amide bonds. The van der Waals surface area contributed by atoms with E-state index in [2.05, 4.69) is 9.97 Å². The van der Waals surface area contributed by atoms with Crippen molar-refractivity contribution in [3.8, 4) is 0 Å². The van der Waals surface area contributed by atoms with E-state index in [9.17, 15) is 0 Å². The van der Waals surface area contributed by atoms with Crippen LogP contribution in [0.3, 0.4) is 0 Å². The van der Waals surface area contributed by atoms with Crippen LogP contribution in [0, 0.1) is 0 Å². The fourth-order valence-electron chi connectivity index (χ4n) is 0.842. The zero-order valence-electron chi connectivity index (χ0n) is 6.70. The minimum Gasteiger partial charge on any atom is -0.328 e. The molecule has 0 fully saturated rings. The number of hydrogen-bond acceptors (Lipinski definition) is 3. The summed E-state index contributed by atoms with van der Waals surface area (Å²) in [6.07, 6.45) is 5.25. The molecule has 1 aromatic heterocycles. The van der Waals surface area contributed by atoms with E-state index in [0.29, 0.717) is 0 Å². The molecule has 0 aliphatic heterocycles. The lowest BCUT2D eigenvalue weighted by Crippen LogP contribution is -2.15. The predicted molar refractivity (Wildman–Crippen MR) is 44.0 cm³/mol. The van der Waals surface area contributed by atoms with Crippen LogP contribution in [0.2, 0.25) is 0 Å². The van der Waals surface area contributed by atoms with Gasteiger partial charge in [0.2, 0.25) is 0 Å².